The average Bonchev–Trinajstić information content (AvgIpc) is 2.10. The van der Waals surface area contributed by atoms with Gasteiger partial charge in [-0.1, -0.05) is 13.8 Å². The normalized spacial score (nSPS) is 17.5. The Hall–Kier alpha value is -0.130. The third-order valence-corrected chi connectivity index (χ3v) is 5.34. The summed E-state index contributed by atoms with van der Waals surface area (Å²) in [6, 6.07) is 0. The van der Waals surface area contributed by atoms with E-state index in [1.807, 2.05) is 13.8 Å². The molecule has 0 aromatic carbocycles. The molecule has 0 aliphatic heterocycles. The number of rotatable bonds is 6. The summed E-state index contributed by atoms with van der Waals surface area (Å²) in [4.78, 5) is 0. The molecule has 0 heterocycles. The van der Waals surface area contributed by atoms with Gasteiger partial charge >= 0.3 is 0 Å². The van der Waals surface area contributed by atoms with Crippen LogP contribution in [-0.4, -0.2) is 37.2 Å². The second-order valence-electron chi connectivity index (χ2n) is 5.45. The fraction of sp³-hybridized carbons (Fsp3) is 1.00. The Morgan fingerprint density at radius 3 is 2.00 bits per heavy atom. The van der Waals surface area contributed by atoms with Crippen LogP contribution in [-0.2, 0) is 9.84 Å². The minimum Gasteiger partial charge on any atom is -0.391 e. The largest absolute Gasteiger partial charge is 0.391 e. The molecule has 0 saturated heterocycles. The molecular formula is C11H25NO3S. The van der Waals surface area contributed by atoms with Crippen molar-refractivity contribution < 1.29 is 13.5 Å². The molecule has 0 saturated carbocycles. The lowest BCUT2D eigenvalue weighted by atomic mass is 9.86. The second kappa shape index (κ2) is 5.47. The van der Waals surface area contributed by atoms with Crippen molar-refractivity contribution in [3.8, 4) is 0 Å². The Bertz CT molecular complexity index is 309. The molecule has 0 rings (SSSR count). The van der Waals surface area contributed by atoms with E-state index in [2.05, 4.69) is 0 Å². The summed E-state index contributed by atoms with van der Waals surface area (Å²) in [6.07, 6.45) is 0.963. The van der Waals surface area contributed by atoms with Gasteiger partial charge in [0.2, 0.25) is 0 Å². The summed E-state index contributed by atoms with van der Waals surface area (Å²) in [5.74, 6) is 0.211. The first kappa shape index (κ1) is 15.9. The zero-order valence-electron chi connectivity index (χ0n) is 10.9. The van der Waals surface area contributed by atoms with Gasteiger partial charge in [0.15, 0.2) is 9.84 Å². The molecule has 0 spiro atoms. The number of aliphatic hydroxyl groups excluding tert-OH is 1. The van der Waals surface area contributed by atoms with Crippen molar-refractivity contribution in [2.45, 2.75) is 45.0 Å². The molecule has 2 unspecified atom stereocenters. The molecule has 0 radical (unpaired) electrons. The highest BCUT2D eigenvalue weighted by Crippen LogP contribution is 2.28. The first-order chi connectivity index (χ1) is 7.04. The molecule has 4 nitrogen and oxygen atoms in total. The summed E-state index contributed by atoms with van der Waals surface area (Å²) < 4.78 is 22.1. The average molecular weight is 251 g/mol. The number of aliphatic hydroxyl groups is 1. The van der Waals surface area contributed by atoms with Crippen molar-refractivity contribution >= 4 is 9.84 Å². The SMILES string of the molecule is CC(C)CC(CN)C(O)C(C)(C)S(C)(=O)=O. The summed E-state index contributed by atoms with van der Waals surface area (Å²) >= 11 is 0. The minimum atomic E-state index is -3.30. The molecule has 0 aromatic heterocycles. The van der Waals surface area contributed by atoms with E-state index in [0.717, 1.165) is 12.7 Å². The quantitative estimate of drug-likeness (QED) is 0.731. The maximum atomic E-state index is 11.6. The lowest BCUT2D eigenvalue weighted by molar-refractivity contribution is 0.0691. The Kier molecular flexibility index (Phi) is 5.42. The van der Waals surface area contributed by atoms with E-state index in [-0.39, 0.29) is 5.92 Å². The second-order valence-corrected chi connectivity index (χ2v) is 8.04. The van der Waals surface area contributed by atoms with Crippen LogP contribution < -0.4 is 5.73 Å². The van der Waals surface area contributed by atoms with E-state index in [0.29, 0.717) is 12.5 Å². The first-order valence-corrected chi connectivity index (χ1v) is 7.51. The molecule has 2 atom stereocenters. The highest BCUT2D eigenvalue weighted by Gasteiger charge is 2.41. The van der Waals surface area contributed by atoms with Gasteiger partial charge in [-0.3, -0.25) is 0 Å². The van der Waals surface area contributed by atoms with Crippen LogP contribution in [0, 0.1) is 11.8 Å². The van der Waals surface area contributed by atoms with E-state index in [1.165, 1.54) is 0 Å². The first-order valence-electron chi connectivity index (χ1n) is 5.61. The monoisotopic (exact) mass is 251 g/mol. The van der Waals surface area contributed by atoms with Gasteiger partial charge in [0.25, 0.3) is 0 Å². The zero-order valence-corrected chi connectivity index (χ0v) is 11.7. The van der Waals surface area contributed by atoms with Crippen molar-refractivity contribution in [3.63, 3.8) is 0 Å². The van der Waals surface area contributed by atoms with Gasteiger partial charge in [0.1, 0.15) is 0 Å². The highest BCUT2D eigenvalue weighted by molar-refractivity contribution is 7.92. The molecule has 3 N–H and O–H groups in total. The van der Waals surface area contributed by atoms with Crippen LogP contribution in [0.3, 0.4) is 0 Å². The Morgan fingerprint density at radius 1 is 1.31 bits per heavy atom. The summed E-state index contributed by atoms with van der Waals surface area (Å²) in [6.45, 7) is 7.47. The van der Waals surface area contributed by atoms with Crippen molar-refractivity contribution in [2.24, 2.45) is 17.6 Å². The van der Waals surface area contributed by atoms with Crippen LogP contribution in [0.25, 0.3) is 0 Å². The van der Waals surface area contributed by atoms with E-state index in [4.69, 9.17) is 5.73 Å². The fourth-order valence-corrected chi connectivity index (χ4v) is 2.38. The van der Waals surface area contributed by atoms with Gasteiger partial charge in [-0.2, -0.15) is 0 Å². The van der Waals surface area contributed by atoms with E-state index in [9.17, 15) is 13.5 Å². The molecule has 0 aliphatic rings. The Balaban J connectivity index is 4.94. The van der Waals surface area contributed by atoms with Crippen LogP contribution in [0.5, 0.6) is 0 Å². The van der Waals surface area contributed by atoms with Crippen LogP contribution >= 0.6 is 0 Å². The minimum absolute atomic E-state index is 0.176. The van der Waals surface area contributed by atoms with Crippen LogP contribution in [0.4, 0.5) is 0 Å². The summed E-state index contributed by atoms with van der Waals surface area (Å²) in [5.41, 5.74) is 5.61. The molecule has 98 valence electrons. The molecule has 5 heteroatoms. The van der Waals surface area contributed by atoms with Crippen molar-refractivity contribution in [2.75, 3.05) is 12.8 Å². The smallest absolute Gasteiger partial charge is 0.155 e. The molecule has 0 fully saturated rings. The standard InChI is InChI=1S/C11H25NO3S/c1-8(2)6-9(7-12)10(13)11(3,4)16(5,14)15/h8-10,13H,6-7,12H2,1-5H3. The van der Waals surface area contributed by atoms with Crippen molar-refractivity contribution in [1.29, 1.82) is 0 Å². The molecule has 0 aromatic rings. The maximum absolute atomic E-state index is 11.6. The Labute approximate surface area is 99.1 Å². The molecule has 0 bridgehead atoms. The lowest BCUT2D eigenvalue weighted by Gasteiger charge is -2.34. The van der Waals surface area contributed by atoms with Gasteiger partial charge < -0.3 is 10.8 Å². The summed E-state index contributed by atoms with van der Waals surface area (Å²) in [7, 11) is -3.30. The topological polar surface area (TPSA) is 80.4 Å². The highest BCUT2D eigenvalue weighted by atomic mass is 32.2. The van der Waals surface area contributed by atoms with Gasteiger partial charge in [0, 0.05) is 6.26 Å². The fourth-order valence-electron chi connectivity index (χ4n) is 1.75. The van der Waals surface area contributed by atoms with Crippen LogP contribution in [0.1, 0.15) is 34.1 Å². The molecule has 0 amide bonds. The van der Waals surface area contributed by atoms with E-state index < -0.39 is 20.7 Å². The van der Waals surface area contributed by atoms with Crippen LogP contribution in [0.2, 0.25) is 0 Å². The number of nitrogens with two attached hydrogens (primary N) is 1. The lowest BCUT2D eigenvalue weighted by Crippen LogP contribution is -2.49. The summed E-state index contributed by atoms with van der Waals surface area (Å²) in [5, 5.41) is 10.2. The van der Waals surface area contributed by atoms with Gasteiger partial charge in [-0.15, -0.1) is 0 Å². The zero-order chi connectivity index (χ0) is 13.1. The van der Waals surface area contributed by atoms with Gasteiger partial charge in [-0.05, 0) is 38.6 Å². The third kappa shape index (κ3) is 3.71. The van der Waals surface area contributed by atoms with Gasteiger partial charge in [0.05, 0.1) is 10.9 Å². The number of sulfone groups is 1. The number of hydrogen-bond acceptors (Lipinski definition) is 4. The molecular weight excluding hydrogens is 226 g/mol. The van der Waals surface area contributed by atoms with E-state index in [1.54, 1.807) is 13.8 Å². The predicted octanol–water partition coefficient (Wildman–Crippen LogP) is 0.792. The van der Waals surface area contributed by atoms with E-state index >= 15 is 0 Å². The van der Waals surface area contributed by atoms with Crippen LogP contribution in [0.15, 0.2) is 0 Å². The molecule has 16 heavy (non-hydrogen) atoms. The number of hydrogen-bond donors (Lipinski definition) is 2. The maximum Gasteiger partial charge on any atom is 0.155 e. The van der Waals surface area contributed by atoms with Crippen molar-refractivity contribution in [1.82, 2.24) is 0 Å². The Morgan fingerprint density at radius 2 is 1.75 bits per heavy atom. The van der Waals surface area contributed by atoms with Gasteiger partial charge in [-0.25, -0.2) is 8.42 Å². The van der Waals surface area contributed by atoms with Crippen molar-refractivity contribution in [3.05, 3.63) is 0 Å². The third-order valence-electron chi connectivity index (χ3n) is 3.19. The molecule has 0 aliphatic carbocycles. The predicted molar refractivity (Wildman–Crippen MR) is 66.9 cm³/mol.